The maximum absolute atomic E-state index is 11.6. The van der Waals surface area contributed by atoms with Crippen LogP contribution < -0.4 is 0 Å². The maximum Gasteiger partial charge on any atom is 0.190 e. The number of benzene rings is 1. The van der Waals surface area contributed by atoms with Gasteiger partial charge in [0.2, 0.25) is 0 Å². The van der Waals surface area contributed by atoms with Gasteiger partial charge in [0.1, 0.15) is 23.9 Å². The van der Waals surface area contributed by atoms with E-state index in [-0.39, 0.29) is 0 Å². The summed E-state index contributed by atoms with van der Waals surface area (Å²) in [4.78, 5) is 0. The van der Waals surface area contributed by atoms with E-state index in [2.05, 4.69) is 0 Å². The van der Waals surface area contributed by atoms with Gasteiger partial charge in [-0.15, -0.1) is 0 Å². The molecule has 156 valence electrons. The summed E-state index contributed by atoms with van der Waals surface area (Å²) in [7, 11) is 0. The maximum atomic E-state index is 11.6. The molecule has 0 aromatic heterocycles. The summed E-state index contributed by atoms with van der Waals surface area (Å²) < 4.78 is 35.4. The summed E-state index contributed by atoms with van der Waals surface area (Å²) in [5.41, 5.74) is -0.216. The average molecular weight is 394 g/mol. The lowest BCUT2D eigenvalue weighted by Crippen LogP contribution is -2.54. The monoisotopic (exact) mass is 394 g/mol. The molecule has 0 aliphatic carbocycles. The van der Waals surface area contributed by atoms with Gasteiger partial charge in [-0.25, -0.2) is 0 Å². The molecule has 0 saturated carbocycles. The van der Waals surface area contributed by atoms with Gasteiger partial charge < -0.3 is 33.5 Å². The molecule has 0 radical (unpaired) electrons. The Labute approximate surface area is 165 Å². The van der Waals surface area contributed by atoms with Crippen LogP contribution in [0.3, 0.4) is 0 Å². The Bertz CT molecular complexity index is 677. The molecule has 1 aromatic rings. The van der Waals surface area contributed by atoms with Gasteiger partial charge in [-0.05, 0) is 33.3 Å². The van der Waals surface area contributed by atoms with Crippen molar-refractivity contribution in [2.24, 2.45) is 0 Å². The molecule has 1 aromatic carbocycles. The number of aliphatic hydroxyl groups is 1. The predicted molar refractivity (Wildman–Crippen MR) is 99.3 cm³/mol. The quantitative estimate of drug-likeness (QED) is 0.742. The average Bonchev–Trinajstić information content (AvgIpc) is 3.23. The largest absolute Gasteiger partial charge is 0.384 e. The molecule has 4 rings (SSSR count). The van der Waals surface area contributed by atoms with Crippen LogP contribution in [0.4, 0.5) is 0 Å². The lowest BCUT2D eigenvalue weighted by atomic mass is 9.86. The summed E-state index contributed by atoms with van der Waals surface area (Å²) in [6.07, 6.45) is -1.95. The summed E-state index contributed by atoms with van der Waals surface area (Å²) >= 11 is 0. The molecule has 3 aliphatic heterocycles. The van der Waals surface area contributed by atoms with Crippen LogP contribution >= 0.6 is 0 Å². The zero-order chi connectivity index (χ0) is 20.0. The van der Waals surface area contributed by atoms with Crippen LogP contribution in [0.25, 0.3) is 0 Å². The van der Waals surface area contributed by atoms with Crippen molar-refractivity contribution in [1.29, 1.82) is 0 Å². The second-order valence-corrected chi connectivity index (χ2v) is 8.63. The van der Waals surface area contributed by atoms with Crippen LogP contribution in [-0.4, -0.2) is 60.1 Å². The standard InChI is InChI=1S/C21H30O7/c1-19(2)24-13-15(26-19)16-21(22,17-18(25-16)28-20(3,4)27-17)10-11-23-12-14-8-6-5-7-9-14/h5-9,15-18,22H,10-13H2,1-4H3/t15-,16-,17+,18-,21-/m1/s1. The Hall–Kier alpha value is -1.06. The van der Waals surface area contributed by atoms with E-state index in [0.29, 0.717) is 26.2 Å². The molecule has 3 heterocycles. The predicted octanol–water partition coefficient (Wildman–Crippen LogP) is 2.35. The summed E-state index contributed by atoms with van der Waals surface area (Å²) in [6, 6.07) is 9.94. The molecule has 7 nitrogen and oxygen atoms in total. The smallest absolute Gasteiger partial charge is 0.190 e. The lowest BCUT2D eigenvalue weighted by molar-refractivity contribution is -0.250. The number of ether oxygens (including phenoxy) is 6. The first-order chi connectivity index (χ1) is 13.2. The number of hydrogen-bond acceptors (Lipinski definition) is 7. The first kappa shape index (κ1) is 20.2. The van der Waals surface area contributed by atoms with E-state index in [4.69, 9.17) is 28.4 Å². The number of fused-ring (bicyclic) bond motifs is 1. The molecule has 0 amide bonds. The fourth-order valence-electron chi connectivity index (χ4n) is 4.15. The molecule has 0 unspecified atom stereocenters. The second kappa shape index (κ2) is 7.32. The Balaban J connectivity index is 1.44. The minimum atomic E-state index is -1.30. The number of hydrogen-bond donors (Lipinski definition) is 1. The molecule has 0 bridgehead atoms. The second-order valence-electron chi connectivity index (χ2n) is 8.63. The van der Waals surface area contributed by atoms with Gasteiger partial charge in [-0.2, -0.15) is 0 Å². The van der Waals surface area contributed by atoms with E-state index in [1.807, 2.05) is 58.0 Å². The summed E-state index contributed by atoms with van der Waals surface area (Å²) in [6.45, 7) is 8.50. The molecule has 3 fully saturated rings. The highest BCUT2D eigenvalue weighted by molar-refractivity contribution is 5.13. The van der Waals surface area contributed by atoms with Gasteiger partial charge in [-0.3, -0.25) is 0 Å². The molecule has 28 heavy (non-hydrogen) atoms. The fraction of sp³-hybridized carbons (Fsp3) is 0.714. The highest BCUT2D eigenvalue weighted by Crippen LogP contribution is 2.47. The fourth-order valence-corrected chi connectivity index (χ4v) is 4.15. The number of rotatable bonds is 6. The summed E-state index contributed by atoms with van der Waals surface area (Å²) in [5.74, 6) is -1.52. The van der Waals surface area contributed by atoms with Crippen LogP contribution in [0.15, 0.2) is 30.3 Å². The van der Waals surface area contributed by atoms with E-state index in [1.54, 1.807) is 0 Å². The van der Waals surface area contributed by atoms with E-state index >= 15 is 0 Å². The van der Waals surface area contributed by atoms with Gasteiger partial charge >= 0.3 is 0 Å². The molecular weight excluding hydrogens is 364 g/mol. The Kier molecular flexibility index (Phi) is 5.29. The van der Waals surface area contributed by atoms with Crippen molar-refractivity contribution >= 4 is 0 Å². The molecule has 0 spiro atoms. The molecule has 3 saturated heterocycles. The van der Waals surface area contributed by atoms with Crippen molar-refractivity contribution in [1.82, 2.24) is 0 Å². The van der Waals surface area contributed by atoms with Crippen molar-refractivity contribution in [2.45, 2.75) is 82.5 Å². The highest BCUT2D eigenvalue weighted by Gasteiger charge is 2.65. The van der Waals surface area contributed by atoms with Gasteiger partial charge in [0, 0.05) is 13.0 Å². The van der Waals surface area contributed by atoms with Crippen molar-refractivity contribution in [3.8, 4) is 0 Å². The third kappa shape index (κ3) is 3.98. The minimum absolute atomic E-state index is 0.339. The van der Waals surface area contributed by atoms with Crippen LogP contribution in [0.5, 0.6) is 0 Å². The minimum Gasteiger partial charge on any atom is -0.384 e. The van der Waals surface area contributed by atoms with Crippen LogP contribution in [0.2, 0.25) is 0 Å². The van der Waals surface area contributed by atoms with Crippen molar-refractivity contribution in [3.63, 3.8) is 0 Å². The van der Waals surface area contributed by atoms with Crippen LogP contribution in [0.1, 0.15) is 39.7 Å². The highest BCUT2D eigenvalue weighted by atomic mass is 16.8. The molecule has 1 N–H and O–H groups in total. The molecule has 3 aliphatic rings. The third-order valence-corrected chi connectivity index (χ3v) is 5.45. The molecule has 7 heteroatoms. The first-order valence-corrected chi connectivity index (χ1v) is 9.85. The third-order valence-electron chi connectivity index (χ3n) is 5.45. The van der Waals surface area contributed by atoms with Crippen molar-refractivity contribution in [2.75, 3.05) is 13.2 Å². The first-order valence-electron chi connectivity index (χ1n) is 9.85. The van der Waals surface area contributed by atoms with Crippen LogP contribution in [0, 0.1) is 0 Å². The van der Waals surface area contributed by atoms with Gasteiger partial charge in [0.05, 0.1) is 13.2 Å². The zero-order valence-corrected chi connectivity index (χ0v) is 16.9. The van der Waals surface area contributed by atoms with Gasteiger partial charge in [-0.1, -0.05) is 30.3 Å². The van der Waals surface area contributed by atoms with E-state index < -0.39 is 41.8 Å². The topological polar surface area (TPSA) is 75.6 Å². The van der Waals surface area contributed by atoms with E-state index in [9.17, 15) is 5.11 Å². The summed E-state index contributed by atoms with van der Waals surface area (Å²) in [5, 5.41) is 11.6. The molecular formula is C21H30O7. The van der Waals surface area contributed by atoms with Gasteiger partial charge in [0.25, 0.3) is 0 Å². The lowest BCUT2D eigenvalue weighted by Gasteiger charge is -2.36. The molecule has 5 atom stereocenters. The SMILES string of the molecule is CC1(C)OC[C@H]([C@H]2O[C@@H]3OC(C)(C)O[C@@H]3[C@@]2(O)CCOCc2ccccc2)O1. The van der Waals surface area contributed by atoms with E-state index in [0.717, 1.165) is 5.56 Å². The van der Waals surface area contributed by atoms with Crippen molar-refractivity contribution < 1.29 is 33.5 Å². The van der Waals surface area contributed by atoms with Crippen LogP contribution in [-0.2, 0) is 35.0 Å². The zero-order valence-electron chi connectivity index (χ0n) is 16.9. The van der Waals surface area contributed by atoms with Crippen molar-refractivity contribution in [3.05, 3.63) is 35.9 Å². The van der Waals surface area contributed by atoms with E-state index in [1.165, 1.54) is 0 Å². The Morgan fingerprint density at radius 1 is 1.00 bits per heavy atom. The van der Waals surface area contributed by atoms with Gasteiger partial charge in [0.15, 0.2) is 17.9 Å². The normalized spacial score (nSPS) is 38.6. The Morgan fingerprint density at radius 3 is 2.43 bits per heavy atom. The Morgan fingerprint density at radius 2 is 1.75 bits per heavy atom.